The molecule has 0 aliphatic rings. The zero-order valence-electron chi connectivity index (χ0n) is 13.5. The number of rotatable bonds is 7. The number of carboxylic acid groups (broad SMARTS) is 1. The standard InChI is InChI=1S/C17H13F4NO5/c18-15(19)17(20,21)27-13-7-6-11(14(23)24)8-12(13)22-16(25)26-9-10-4-2-1-3-5-10/h1-8,15H,9H2,(H,22,25)(H,23,24). The number of halogens is 4. The highest BCUT2D eigenvalue weighted by molar-refractivity contribution is 5.93. The predicted molar refractivity (Wildman–Crippen MR) is 85.2 cm³/mol. The van der Waals surface area contributed by atoms with E-state index in [1.807, 2.05) is 5.32 Å². The molecule has 0 aromatic heterocycles. The lowest BCUT2D eigenvalue weighted by atomic mass is 10.2. The van der Waals surface area contributed by atoms with E-state index in [-0.39, 0.29) is 12.2 Å². The van der Waals surface area contributed by atoms with Crippen LogP contribution in [0, 0.1) is 0 Å². The van der Waals surface area contributed by atoms with Gasteiger partial charge in [-0.25, -0.2) is 9.59 Å². The summed E-state index contributed by atoms with van der Waals surface area (Å²) in [5, 5.41) is 11.0. The first-order valence-electron chi connectivity index (χ1n) is 7.39. The highest BCUT2D eigenvalue weighted by atomic mass is 19.3. The minimum Gasteiger partial charge on any atom is -0.478 e. The molecule has 27 heavy (non-hydrogen) atoms. The third-order valence-corrected chi connectivity index (χ3v) is 3.18. The molecule has 0 aliphatic heterocycles. The minimum absolute atomic E-state index is 0.158. The summed E-state index contributed by atoms with van der Waals surface area (Å²) in [5.74, 6) is -2.27. The van der Waals surface area contributed by atoms with E-state index in [4.69, 9.17) is 9.84 Å². The molecule has 0 fully saturated rings. The summed E-state index contributed by atoms with van der Waals surface area (Å²) in [6.45, 7) is -0.158. The molecule has 0 radical (unpaired) electrons. The van der Waals surface area contributed by atoms with Crippen LogP contribution in [-0.2, 0) is 11.3 Å². The van der Waals surface area contributed by atoms with Crippen LogP contribution in [0.1, 0.15) is 15.9 Å². The number of carboxylic acids is 1. The topological polar surface area (TPSA) is 84.9 Å². The molecule has 0 saturated carbocycles. The van der Waals surface area contributed by atoms with Crippen LogP contribution in [-0.4, -0.2) is 29.7 Å². The van der Waals surface area contributed by atoms with Gasteiger partial charge in [-0.15, -0.1) is 0 Å². The number of aromatic carboxylic acids is 1. The number of alkyl halides is 4. The van der Waals surface area contributed by atoms with Gasteiger partial charge >= 0.3 is 24.6 Å². The number of carbonyl (C=O) groups is 2. The first-order chi connectivity index (χ1) is 12.7. The number of hydrogen-bond acceptors (Lipinski definition) is 4. The van der Waals surface area contributed by atoms with Crippen molar-refractivity contribution in [2.45, 2.75) is 19.1 Å². The zero-order chi connectivity index (χ0) is 20.0. The van der Waals surface area contributed by atoms with E-state index in [9.17, 15) is 27.2 Å². The Morgan fingerprint density at radius 3 is 2.37 bits per heavy atom. The van der Waals surface area contributed by atoms with Gasteiger partial charge in [0.15, 0.2) is 0 Å². The fourth-order valence-corrected chi connectivity index (χ4v) is 1.91. The second kappa shape index (κ2) is 8.39. The molecule has 0 atom stereocenters. The Hall–Kier alpha value is -3.30. The van der Waals surface area contributed by atoms with Crippen molar-refractivity contribution in [1.29, 1.82) is 0 Å². The molecule has 6 nitrogen and oxygen atoms in total. The van der Waals surface area contributed by atoms with E-state index >= 15 is 0 Å². The fraction of sp³-hybridized carbons (Fsp3) is 0.176. The fourth-order valence-electron chi connectivity index (χ4n) is 1.91. The van der Waals surface area contributed by atoms with Crippen molar-refractivity contribution >= 4 is 17.7 Å². The average molecular weight is 387 g/mol. The number of amides is 1. The molecule has 2 aromatic carbocycles. The summed E-state index contributed by atoms with van der Waals surface area (Å²) < 4.78 is 59.8. The lowest BCUT2D eigenvalue weighted by molar-refractivity contribution is -0.252. The smallest absolute Gasteiger partial charge is 0.461 e. The molecule has 144 valence electrons. The molecular formula is C17H13F4NO5. The number of anilines is 1. The van der Waals surface area contributed by atoms with Crippen molar-refractivity contribution < 1.29 is 41.7 Å². The molecular weight excluding hydrogens is 374 g/mol. The van der Waals surface area contributed by atoms with Crippen LogP contribution in [0.3, 0.4) is 0 Å². The Labute approximate surface area is 150 Å². The number of benzene rings is 2. The normalized spacial score (nSPS) is 11.1. The lowest BCUT2D eigenvalue weighted by Gasteiger charge is -2.19. The molecule has 0 aliphatic carbocycles. The molecule has 0 unspecified atom stereocenters. The molecule has 0 saturated heterocycles. The van der Waals surface area contributed by atoms with Gasteiger partial charge < -0.3 is 14.6 Å². The van der Waals surface area contributed by atoms with Crippen LogP contribution in [0.5, 0.6) is 5.75 Å². The lowest BCUT2D eigenvalue weighted by Crippen LogP contribution is -2.33. The number of ether oxygens (including phenoxy) is 2. The van der Waals surface area contributed by atoms with Gasteiger partial charge in [0.25, 0.3) is 0 Å². The van der Waals surface area contributed by atoms with Gasteiger partial charge in [0.1, 0.15) is 12.4 Å². The van der Waals surface area contributed by atoms with Gasteiger partial charge in [0, 0.05) is 0 Å². The van der Waals surface area contributed by atoms with E-state index in [0.29, 0.717) is 5.56 Å². The molecule has 0 spiro atoms. The van der Waals surface area contributed by atoms with Crippen LogP contribution in [0.25, 0.3) is 0 Å². The minimum atomic E-state index is -4.84. The number of carbonyl (C=O) groups excluding carboxylic acids is 1. The van der Waals surface area contributed by atoms with Gasteiger partial charge in [0.05, 0.1) is 11.3 Å². The first-order valence-corrected chi connectivity index (χ1v) is 7.39. The van der Waals surface area contributed by atoms with Crippen molar-refractivity contribution in [3.8, 4) is 5.75 Å². The summed E-state index contributed by atoms with van der Waals surface area (Å²) in [4.78, 5) is 22.8. The van der Waals surface area contributed by atoms with Crippen LogP contribution < -0.4 is 10.1 Å². The summed E-state index contributed by atoms with van der Waals surface area (Å²) in [6, 6.07) is 10.8. The van der Waals surface area contributed by atoms with Crippen molar-refractivity contribution in [3.05, 3.63) is 59.7 Å². The third-order valence-electron chi connectivity index (χ3n) is 3.18. The Balaban J connectivity index is 2.17. The van der Waals surface area contributed by atoms with Gasteiger partial charge in [-0.05, 0) is 23.8 Å². The van der Waals surface area contributed by atoms with Crippen LogP contribution in [0.15, 0.2) is 48.5 Å². The molecule has 0 bridgehead atoms. The second-order valence-corrected chi connectivity index (χ2v) is 5.17. The largest absolute Gasteiger partial charge is 0.478 e. The summed E-state index contributed by atoms with van der Waals surface area (Å²) in [6.07, 6.45) is -10.1. The highest BCUT2D eigenvalue weighted by Crippen LogP contribution is 2.33. The van der Waals surface area contributed by atoms with Gasteiger partial charge in [0.2, 0.25) is 0 Å². The molecule has 2 N–H and O–H groups in total. The van der Waals surface area contributed by atoms with Crippen LogP contribution in [0.2, 0.25) is 0 Å². The maximum atomic E-state index is 13.1. The van der Waals surface area contributed by atoms with Crippen molar-refractivity contribution in [2.24, 2.45) is 0 Å². The Morgan fingerprint density at radius 2 is 1.78 bits per heavy atom. The second-order valence-electron chi connectivity index (χ2n) is 5.17. The van der Waals surface area contributed by atoms with Gasteiger partial charge in [-0.2, -0.15) is 17.6 Å². The number of nitrogens with one attached hydrogen (secondary N) is 1. The Bertz CT molecular complexity index is 814. The number of hydrogen-bond donors (Lipinski definition) is 2. The summed E-state index contributed by atoms with van der Waals surface area (Å²) in [5.41, 5.74) is -0.318. The van der Waals surface area contributed by atoms with E-state index in [1.54, 1.807) is 30.3 Å². The predicted octanol–water partition coefficient (Wildman–Crippen LogP) is 4.37. The Kier molecular flexibility index (Phi) is 6.22. The first kappa shape index (κ1) is 20.0. The van der Waals surface area contributed by atoms with E-state index in [0.717, 1.165) is 18.2 Å². The quantitative estimate of drug-likeness (QED) is 0.689. The van der Waals surface area contributed by atoms with Crippen LogP contribution in [0.4, 0.5) is 28.0 Å². The maximum Gasteiger partial charge on any atom is 0.461 e. The molecule has 2 aromatic rings. The van der Waals surface area contributed by atoms with Gasteiger partial charge in [-0.3, -0.25) is 5.32 Å². The highest BCUT2D eigenvalue weighted by Gasteiger charge is 2.44. The SMILES string of the molecule is O=C(Nc1cc(C(=O)O)ccc1OC(F)(F)C(F)F)OCc1ccccc1. The van der Waals surface area contributed by atoms with Crippen LogP contribution >= 0.6 is 0 Å². The van der Waals surface area contributed by atoms with E-state index < -0.39 is 36.0 Å². The maximum absolute atomic E-state index is 13.1. The van der Waals surface area contributed by atoms with E-state index in [2.05, 4.69) is 4.74 Å². The molecule has 2 rings (SSSR count). The molecule has 0 heterocycles. The zero-order valence-corrected chi connectivity index (χ0v) is 13.5. The third kappa shape index (κ3) is 5.59. The van der Waals surface area contributed by atoms with Gasteiger partial charge in [-0.1, -0.05) is 30.3 Å². The van der Waals surface area contributed by atoms with E-state index in [1.165, 1.54) is 0 Å². The summed E-state index contributed by atoms with van der Waals surface area (Å²) >= 11 is 0. The average Bonchev–Trinajstić information content (AvgIpc) is 2.62. The van der Waals surface area contributed by atoms with Crippen molar-refractivity contribution in [2.75, 3.05) is 5.32 Å². The Morgan fingerprint density at radius 1 is 1.11 bits per heavy atom. The van der Waals surface area contributed by atoms with Crippen molar-refractivity contribution in [3.63, 3.8) is 0 Å². The molecule has 10 heteroatoms. The summed E-state index contributed by atoms with van der Waals surface area (Å²) in [7, 11) is 0. The monoisotopic (exact) mass is 387 g/mol. The molecule has 1 amide bonds. The van der Waals surface area contributed by atoms with Crippen molar-refractivity contribution in [1.82, 2.24) is 0 Å².